The zero-order valence-corrected chi connectivity index (χ0v) is 62.8. The Morgan fingerprint density at radius 1 is 0.454 bits per heavy atom. The van der Waals surface area contributed by atoms with Crippen LogP contribution in [-0.4, -0.2) is 78.7 Å². The predicted molar refractivity (Wildman–Crippen MR) is 393 cm³/mol. The van der Waals surface area contributed by atoms with E-state index in [2.05, 4.69) is 139 Å². The van der Waals surface area contributed by atoms with E-state index in [1.54, 1.807) is 27.7 Å². The largest absolute Gasteiger partial charge is 3.00 e. The summed E-state index contributed by atoms with van der Waals surface area (Å²) >= 11 is 0. The molecule has 97 heavy (non-hydrogen) atoms. The molecule has 4 N–H and O–H groups in total. The summed E-state index contributed by atoms with van der Waals surface area (Å²) in [6, 6.07) is 72.2. The molecule has 12 heteroatoms. The van der Waals surface area contributed by atoms with Crippen molar-refractivity contribution in [3.63, 3.8) is 0 Å². The van der Waals surface area contributed by atoms with Crippen molar-refractivity contribution in [2.45, 2.75) is 174 Å². The van der Waals surface area contributed by atoms with Crippen molar-refractivity contribution < 1.29 is 60.6 Å². The number of nitrogens with zero attached hydrogens (tertiary/aromatic N) is 6. The van der Waals surface area contributed by atoms with E-state index in [1.165, 1.54) is 127 Å². The molecule has 512 valence electrons. The van der Waals surface area contributed by atoms with Crippen LogP contribution >= 0.6 is 0 Å². The van der Waals surface area contributed by atoms with E-state index in [0.29, 0.717) is 23.7 Å². The molecular weight excluding hydrogens is 1550 g/mol. The second kappa shape index (κ2) is 38.5. The predicted octanol–water partition coefficient (Wildman–Crippen LogP) is 19.3. The van der Waals surface area contributed by atoms with Crippen molar-refractivity contribution in [1.82, 2.24) is 19.8 Å². The Labute approximate surface area is 607 Å². The molecule has 4 heterocycles. The summed E-state index contributed by atoms with van der Waals surface area (Å²) < 4.78 is 0. The number of rotatable bonds is 11. The minimum atomic E-state index is -0.375. The third-order valence-corrected chi connectivity index (χ3v) is 18.8. The number of hydrogen-bond donors (Lipinski definition) is 4. The Balaban J connectivity index is 0.000000179. The minimum absolute atomic E-state index is 0. The maximum absolute atomic E-state index is 8.56. The van der Waals surface area contributed by atoms with Crippen molar-refractivity contribution in [2.24, 2.45) is 10.8 Å². The molecule has 10 nitrogen and oxygen atoms in total. The molecule has 4 atom stereocenters. The molecule has 0 saturated heterocycles. The van der Waals surface area contributed by atoms with Gasteiger partial charge in [-0.2, -0.15) is 74.0 Å². The number of aliphatic hydroxyl groups excluding tert-OH is 4. The number of aromatic nitrogens is 2. The second-order valence-corrected chi connectivity index (χ2v) is 27.5. The molecule has 0 amide bonds. The summed E-state index contributed by atoms with van der Waals surface area (Å²) in [4.78, 5) is 17.3. The van der Waals surface area contributed by atoms with Gasteiger partial charge in [-0.25, -0.2) is 0 Å². The third kappa shape index (κ3) is 23.7. The molecule has 0 radical (unpaired) electrons. The van der Waals surface area contributed by atoms with Crippen LogP contribution < -0.4 is 9.80 Å². The van der Waals surface area contributed by atoms with E-state index in [9.17, 15) is 0 Å². The number of pyridine rings is 2. The monoisotopic (exact) mass is 1650 g/mol. The van der Waals surface area contributed by atoms with Gasteiger partial charge in [-0.3, -0.25) is 0 Å². The summed E-state index contributed by atoms with van der Waals surface area (Å²) in [7, 11) is 4.00. The van der Waals surface area contributed by atoms with E-state index in [4.69, 9.17) is 20.4 Å². The average molecular weight is 1650 g/mol. The first-order valence-electron chi connectivity index (χ1n) is 34.4. The van der Waals surface area contributed by atoms with E-state index >= 15 is 0 Å². The Bertz CT molecular complexity index is 3680. The molecule has 9 aromatic rings. The van der Waals surface area contributed by atoms with Crippen molar-refractivity contribution in [3.05, 3.63) is 256 Å². The third-order valence-electron chi connectivity index (χ3n) is 18.8. The number of aliphatic hydroxyl groups is 4. The molecule has 14 rings (SSSR count). The molecule has 3 aliphatic carbocycles. The summed E-state index contributed by atoms with van der Waals surface area (Å²) in [5, 5.41) is 39.2. The molecule has 7 aromatic carbocycles. The zero-order valence-electron chi connectivity index (χ0n) is 58.0. The molecular formula is C85H100Ir2N6O4. The molecule has 0 bridgehead atoms. The van der Waals surface area contributed by atoms with E-state index in [0.717, 1.165) is 45.7 Å². The zero-order chi connectivity index (χ0) is 67.2. The van der Waals surface area contributed by atoms with Crippen LogP contribution in [0, 0.1) is 48.4 Å². The van der Waals surface area contributed by atoms with Gasteiger partial charge in [0.1, 0.15) is 0 Å². The molecule has 5 aliphatic rings. The Hall–Kier alpha value is -6.82. The van der Waals surface area contributed by atoms with Crippen LogP contribution in [-0.2, 0) is 40.2 Å². The van der Waals surface area contributed by atoms with Gasteiger partial charge in [0.05, 0.1) is 24.4 Å². The van der Waals surface area contributed by atoms with Gasteiger partial charge in [0.15, 0.2) is 0 Å². The minimum Gasteiger partial charge on any atom is -0.510 e. The maximum Gasteiger partial charge on any atom is 3.00 e. The quantitative estimate of drug-likeness (QED) is 0.0932. The van der Waals surface area contributed by atoms with Gasteiger partial charge in [-0.1, -0.05) is 87.7 Å². The van der Waals surface area contributed by atoms with E-state index < -0.39 is 0 Å². The SMILES string of the molecule is CC(O)CC(C)O.CC(O)CC(C)O.CC1(C)CCC2(CCC(c3ccc4c(-c5[c-]cccc5)nccc4c3)CC2)CC1.CN1C=CN(c2[c-]cccc2)[CH-]1.CN1C=CN(c2[c-]cccc2)[CH-]1.[Ir+3].[Ir+3].[c-]1ccccc1-c1nccc2cc(-c3ccc(C4CCCCC4)cc3)ccc12. The normalized spacial score (nSPS) is 17.4. The Kier molecular flexibility index (Phi) is 30.8. The summed E-state index contributed by atoms with van der Waals surface area (Å²) in [5.74, 6) is 1.48. The molecule has 2 aliphatic heterocycles. The van der Waals surface area contributed by atoms with Gasteiger partial charge in [-0.15, -0.1) is 83.2 Å². The fraction of sp³-hybridized carbons (Fsp3) is 0.365. The summed E-state index contributed by atoms with van der Waals surface area (Å²) in [6.07, 6.45) is 29.5. The topological polar surface area (TPSA) is 120 Å². The van der Waals surface area contributed by atoms with Crippen LogP contribution in [0.15, 0.2) is 207 Å². The van der Waals surface area contributed by atoms with Crippen LogP contribution in [0.1, 0.15) is 161 Å². The van der Waals surface area contributed by atoms with Gasteiger partial charge in [0, 0.05) is 12.4 Å². The maximum atomic E-state index is 8.56. The number of hydrogen-bond acceptors (Lipinski definition) is 10. The van der Waals surface area contributed by atoms with Gasteiger partial charge in [-0.05, 0) is 240 Å². The molecule has 1 spiro atoms. The second-order valence-electron chi connectivity index (χ2n) is 27.5. The fourth-order valence-electron chi connectivity index (χ4n) is 13.5. The Morgan fingerprint density at radius 3 is 1.29 bits per heavy atom. The first kappa shape index (κ1) is 77.5. The summed E-state index contributed by atoms with van der Waals surface area (Å²) in [5.41, 5.74) is 13.1. The molecule has 3 fully saturated rings. The van der Waals surface area contributed by atoms with Crippen molar-refractivity contribution >= 4 is 32.9 Å². The first-order valence-corrected chi connectivity index (χ1v) is 34.4. The molecule has 2 aromatic heterocycles. The van der Waals surface area contributed by atoms with E-state index in [1.807, 2.05) is 163 Å². The number of fused-ring (bicyclic) bond motifs is 2. The van der Waals surface area contributed by atoms with Crippen LogP contribution in [0.25, 0.3) is 55.2 Å². The van der Waals surface area contributed by atoms with Crippen molar-refractivity contribution in [1.29, 1.82) is 0 Å². The van der Waals surface area contributed by atoms with Gasteiger partial charge >= 0.3 is 40.2 Å². The van der Waals surface area contributed by atoms with Crippen LogP contribution in [0.4, 0.5) is 11.4 Å². The van der Waals surface area contributed by atoms with Gasteiger partial charge < -0.3 is 50.0 Å². The molecule has 3 saturated carbocycles. The fourth-order valence-corrected chi connectivity index (χ4v) is 13.5. The van der Waals surface area contributed by atoms with Crippen molar-refractivity contribution in [2.75, 3.05) is 23.9 Å². The van der Waals surface area contributed by atoms with Gasteiger partial charge in [0.25, 0.3) is 0 Å². The number of benzene rings is 7. The number of anilines is 2. The number of para-hydroxylation sites is 2. The first-order chi connectivity index (χ1) is 45.9. The average Bonchev–Trinajstić information content (AvgIpc) is 1.31. The molecule has 4 unspecified atom stereocenters. The van der Waals surface area contributed by atoms with Crippen LogP contribution in [0.3, 0.4) is 0 Å². The Morgan fingerprint density at radius 2 is 0.876 bits per heavy atom. The van der Waals surface area contributed by atoms with Crippen molar-refractivity contribution in [3.8, 4) is 33.6 Å². The smallest absolute Gasteiger partial charge is 0.510 e. The van der Waals surface area contributed by atoms with E-state index in [-0.39, 0.29) is 64.6 Å². The van der Waals surface area contributed by atoms with Crippen LogP contribution in [0.5, 0.6) is 0 Å². The summed E-state index contributed by atoms with van der Waals surface area (Å²) in [6.45, 7) is 15.6. The van der Waals surface area contributed by atoms with Gasteiger partial charge in [0.2, 0.25) is 0 Å². The van der Waals surface area contributed by atoms with Crippen LogP contribution in [0.2, 0.25) is 0 Å². The standard InChI is InChI=1S/C28H32N.C27H24N.2C10H10N2.2C5H12O2.2Ir/c1-27(2)15-17-28(18-16-27)13-10-21(11-14-28)23-8-9-25-24(20-23)12-19-29-26(25)22-6-4-3-5-7-22;1-3-7-20(8-4-1)21-11-13-22(14-12-21)24-15-16-26-25(19-24)17-18-28-27(26)23-9-5-2-6-10-23;2*1-11-7-8-12(9-11)10-5-3-2-4-6-10;2*1-4(6)3-5(2)7;;/h3-6,8-9,12,19-21H,10-11,13-18H2,1-2H3;2,5-6,9,11-20H,1,3-4,7-8H2;2*2-5,7-9H,1H3;2*4-7H,3H2,1-2H3;;/q2*-1;2*-2;;;2*+3.